The van der Waals surface area contributed by atoms with Gasteiger partial charge in [-0.3, -0.25) is 0 Å². The van der Waals surface area contributed by atoms with Gasteiger partial charge in [0.2, 0.25) is 0 Å². The average molecular weight is 276 g/mol. The normalized spacial score (nSPS) is 15.5. The van der Waals surface area contributed by atoms with E-state index in [2.05, 4.69) is 53.1 Å². The third kappa shape index (κ3) is 2.26. The lowest BCUT2D eigenvalue weighted by Gasteiger charge is -2.06. The summed E-state index contributed by atoms with van der Waals surface area (Å²) in [5, 5.41) is 2.71. The molecular weight excluding hydrogens is 256 g/mol. The Morgan fingerprint density at radius 2 is 1.86 bits per heavy atom. The molecule has 3 aromatic rings. The summed E-state index contributed by atoms with van der Waals surface area (Å²) in [6.45, 7) is 1.74. The Hall–Kier alpha value is -2.06. The molecule has 1 aromatic heterocycles. The molecule has 4 rings (SSSR count). The Balaban J connectivity index is 1.94. The van der Waals surface area contributed by atoms with Crippen LogP contribution < -0.4 is 5.73 Å². The van der Waals surface area contributed by atoms with Gasteiger partial charge in [0.25, 0.3) is 0 Å². The fourth-order valence-electron chi connectivity index (χ4n) is 3.13. The van der Waals surface area contributed by atoms with Crippen LogP contribution >= 0.6 is 0 Å². The molecule has 1 aliphatic rings. The second-order valence-corrected chi connectivity index (χ2v) is 5.99. The van der Waals surface area contributed by atoms with Gasteiger partial charge >= 0.3 is 0 Å². The summed E-state index contributed by atoms with van der Waals surface area (Å²) in [4.78, 5) is 0. The van der Waals surface area contributed by atoms with E-state index in [0.29, 0.717) is 6.54 Å². The van der Waals surface area contributed by atoms with E-state index in [4.69, 9.17) is 5.73 Å². The number of benzene rings is 2. The van der Waals surface area contributed by atoms with E-state index in [1.807, 2.05) is 6.08 Å². The maximum Gasteiger partial charge on any atom is 0.0491 e. The van der Waals surface area contributed by atoms with E-state index < -0.39 is 0 Å². The van der Waals surface area contributed by atoms with Gasteiger partial charge in [0.15, 0.2) is 0 Å². The van der Waals surface area contributed by atoms with E-state index in [-0.39, 0.29) is 0 Å². The highest BCUT2D eigenvalue weighted by molar-refractivity contribution is 6.08. The summed E-state index contributed by atoms with van der Waals surface area (Å²) in [5.74, 6) is 0.876. The molecule has 0 bridgehead atoms. The number of nitrogens with two attached hydrogens (primary N) is 1. The third-order valence-electron chi connectivity index (χ3n) is 4.38. The number of hydrogen-bond donors (Lipinski definition) is 1. The van der Waals surface area contributed by atoms with E-state index in [0.717, 1.165) is 12.5 Å². The number of nitrogens with zero attached hydrogens (tertiary/aromatic N) is 1. The van der Waals surface area contributed by atoms with Crippen molar-refractivity contribution in [1.29, 1.82) is 0 Å². The molecule has 0 unspecified atom stereocenters. The molecule has 0 spiro atoms. The fourth-order valence-corrected chi connectivity index (χ4v) is 3.13. The Labute approximate surface area is 124 Å². The van der Waals surface area contributed by atoms with Crippen LogP contribution in [0.2, 0.25) is 0 Å². The van der Waals surface area contributed by atoms with Crippen LogP contribution in [0.5, 0.6) is 0 Å². The van der Waals surface area contributed by atoms with Crippen LogP contribution in [0, 0.1) is 5.92 Å². The molecule has 1 heterocycles. The molecule has 1 saturated carbocycles. The summed E-state index contributed by atoms with van der Waals surface area (Å²) < 4.78 is 2.50. The van der Waals surface area contributed by atoms with Crippen LogP contribution in [-0.4, -0.2) is 11.1 Å². The van der Waals surface area contributed by atoms with Gasteiger partial charge in [-0.15, -0.1) is 0 Å². The van der Waals surface area contributed by atoms with Crippen molar-refractivity contribution >= 4 is 27.9 Å². The summed E-state index contributed by atoms with van der Waals surface area (Å²) in [5.41, 5.74) is 9.49. The highest BCUT2D eigenvalue weighted by atomic mass is 15.0. The minimum atomic E-state index is 0.585. The van der Waals surface area contributed by atoms with Gasteiger partial charge in [-0.1, -0.05) is 36.4 Å². The molecule has 2 N–H and O–H groups in total. The Kier molecular flexibility index (Phi) is 3.04. The first kappa shape index (κ1) is 12.7. The lowest BCUT2D eigenvalue weighted by molar-refractivity contribution is 0.664. The van der Waals surface area contributed by atoms with E-state index in [1.54, 1.807) is 0 Å². The Morgan fingerprint density at radius 3 is 2.67 bits per heavy atom. The maximum absolute atomic E-state index is 5.55. The van der Waals surface area contributed by atoms with Gasteiger partial charge in [-0.25, -0.2) is 0 Å². The molecule has 0 saturated heterocycles. The van der Waals surface area contributed by atoms with Crippen molar-refractivity contribution in [3.63, 3.8) is 0 Å². The zero-order valence-corrected chi connectivity index (χ0v) is 12.1. The van der Waals surface area contributed by atoms with Crippen molar-refractivity contribution in [3.05, 3.63) is 54.1 Å². The number of para-hydroxylation sites is 1. The smallest absolute Gasteiger partial charge is 0.0491 e. The highest BCUT2D eigenvalue weighted by Crippen LogP contribution is 2.36. The molecule has 2 nitrogen and oxygen atoms in total. The quantitative estimate of drug-likeness (QED) is 0.761. The van der Waals surface area contributed by atoms with Crippen LogP contribution in [0.15, 0.2) is 48.5 Å². The minimum absolute atomic E-state index is 0.585. The second kappa shape index (κ2) is 5.05. The first-order valence-corrected chi connectivity index (χ1v) is 7.74. The van der Waals surface area contributed by atoms with Crippen molar-refractivity contribution in [1.82, 2.24) is 4.57 Å². The Morgan fingerprint density at radius 1 is 1.05 bits per heavy atom. The van der Waals surface area contributed by atoms with Crippen LogP contribution in [0.1, 0.15) is 18.4 Å². The third-order valence-corrected chi connectivity index (χ3v) is 4.38. The molecule has 1 aliphatic carbocycles. The summed E-state index contributed by atoms with van der Waals surface area (Å²) in [6.07, 6.45) is 6.87. The molecule has 0 atom stereocenters. The SMILES string of the molecule is NC/C=C/c1ccc2c(c1)c1ccccc1n2CC1CC1. The first-order valence-electron chi connectivity index (χ1n) is 7.74. The van der Waals surface area contributed by atoms with Crippen LogP contribution in [0.25, 0.3) is 27.9 Å². The predicted octanol–water partition coefficient (Wildman–Crippen LogP) is 4.18. The van der Waals surface area contributed by atoms with Gasteiger partial charge in [0, 0.05) is 34.9 Å². The number of aromatic nitrogens is 1. The molecule has 0 radical (unpaired) electrons. The topological polar surface area (TPSA) is 30.9 Å². The van der Waals surface area contributed by atoms with Gasteiger partial charge in [0.1, 0.15) is 0 Å². The molecular formula is C19H20N2. The molecule has 0 aliphatic heterocycles. The molecule has 2 aromatic carbocycles. The Bertz CT molecular complexity index is 822. The highest BCUT2D eigenvalue weighted by Gasteiger charge is 2.23. The van der Waals surface area contributed by atoms with Crippen LogP contribution in [-0.2, 0) is 6.54 Å². The van der Waals surface area contributed by atoms with Gasteiger partial charge in [0.05, 0.1) is 0 Å². The van der Waals surface area contributed by atoms with Gasteiger partial charge in [-0.2, -0.15) is 0 Å². The van der Waals surface area contributed by atoms with Crippen molar-refractivity contribution < 1.29 is 0 Å². The lowest BCUT2D eigenvalue weighted by Crippen LogP contribution is -1.98. The van der Waals surface area contributed by atoms with Crippen LogP contribution in [0.4, 0.5) is 0 Å². The summed E-state index contributed by atoms with van der Waals surface area (Å²) >= 11 is 0. The second-order valence-electron chi connectivity index (χ2n) is 5.99. The lowest BCUT2D eigenvalue weighted by atomic mass is 10.1. The summed E-state index contributed by atoms with van der Waals surface area (Å²) in [7, 11) is 0. The predicted molar refractivity (Wildman–Crippen MR) is 90.3 cm³/mol. The monoisotopic (exact) mass is 276 g/mol. The van der Waals surface area contributed by atoms with E-state index in [1.165, 1.54) is 40.2 Å². The largest absolute Gasteiger partial charge is 0.340 e. The summed E-state index contributed by atoms with van der Waals surface area (Å²) in [6, 6.07) is 15.5. The number of fused-ring (bicyclic) bond motifs is 3. The van der Waals surface area contributed by atoms with Crippen molar-refractivity contribution in [3.8, 4) is 0 Å². The zero-order valence-electron chi connectivity index (χ0n) is 12.1. The number of rotatable bonds is 4. The maximum atomic E-state index is 5.55. The fraction of sp³-hybridized carbons (Fsp3) is 0.263. The van der Waals surface area contributed by atoms with Gasteiger partial charge in [-0.05, 0) is 42.5 Å². The standard InChI is InChI=1S/C19H20N2/c20-11-3-4-14-9-10-19-17(12-14)16-5-1-2-6-18(16)21(19)13-15-7-8-15/h1-6,9-10,12,15H,7-8,11,13,20H2/b4-3+. The van der Waals surface area contributed by atoms with Crippen molar-refractivity contribution in [2.45, 2.75) is 19.4 Å². The first-order chi connectivity index (χ1) is 10.4. The number of hydrogen-bond acceptors (Lipinski definition) is 1. The molecule has 21 heavy (non-hydrogen) atoms. The minimum Gasteiger partial charge on any atom is -0.340 e. The van der Waals surface area contributed by atoms with Crippen molar-refractivity contribution in [2.24, 2.45) is 11.7 Å². The zero-order chi connectivity index (χ0) is 14.2. The molecule has 0 amide bonds. The van der Waals surface area contributed by atoms with Gasteiger partial charge < -0.3 is 10.3 Å². The van der Waals surface area contributed by atoms with Crippen molar-refractivity contribution in [2.75, 3.05) is 6.54 Å². The average Bonchev–Trinajstić information content (AvgIpc) is 3.29. The molecule has 1 fully saturated rings. The molecule has 106 valence electrons. The van der Waals surface area contributed by atoms with Crippen LogP contribution in [0.3, 0.4) is 0 Å². The van der Waals surface area contributed by atoms with E-state index >= 15 is 0 Å². The van der Waals surface area contributed by atoms with E-state index in [9.17, 15) is 0 Å². The molecule has 2 heteroatoms.